The monoisotopic (exact) mass is 250 g/mol. The molecule has 0 saturated carbocycles. The summed E-state index contributed by atoms with van der Waals surface area (Å²) < 4.78 is 12.9. The predicted molar refractivity (Wildman–Crippen MR) is 72.8 cm³/mol. The number of hydrogen-bond donors (Lipinski definition) is 1. The molecule has 100 valence electrons. The van der Waals surface area contributed by atoms with Gasteiger partial charge in [0.15, 0.2) is 0 Å². The van der Waals surface area contributed by atoms with Gasteiger partial charge in [-0.3, -0.25) is 0 Å². The molecule has 0 bridgehead atoms. The third-order valence-electron chi connectivity index (χ3n) is 3.93. The molecule has 1 aliphatic heterocycles. The van der Waals surface area contributed by atoms with Gasteiger partial charge >= 0.3 is 0 Å². The van der Waals surface area contributed by atoms with Gasteiger partial charge in [-0.2, -0.15) is 0 Å². The highest BCUT2D eigenvalue weighted by atomic mass is 19.1. The van der Waals surface area contributed by atoms with Crippen LogP contribution in [-0.4, -0.2) is 24.5 Å². The molecule has 2 N–H and O–H groups in total. The van der Waals surface area contributed by atoms with Crippen molar-refractivity contribution in [2.45, 2.75) is 32.2 Å². The Hall–Kier alpha value is -0.930. The van der Waals surface area contributed by atoms with Crippen LogP contribution in [0.4, 0.5) is 4.39 Å². The zero-order valence-corrected chi connectivity index (χ0v) is 11.1. The SMILES string of the molecule is CCC1CCCN(CC(N)c2ccc(F)cc2)C1. The molecule has 1 fully saturated rings. The number of nitrogens with two attached hydrogens (primary N) is 1. The van der Waals surface area contributed by atoms with E-state index in [2.05, 4.69) is 11.8 Å². The lowest BCUT2D eigenvalue weighted by Gasteiger charge is -2.33. The summed E-state index contributed by atoms with van der Waals surface area (Å²) >= 11 is 0. The van der Waals surface area contributed by atoms with E-state index in [0.29, 0.717) is 0 Å². The zero-order valence-electron chi connectivity index (χ0n) is 11.1. The minimum atomic E-state index is -0.199. The molecule has 1 aromatic rings. The molecule has 1 aliphatic rings. The normalized spacial score (nSPS) is 22.9. The van der Waals surface area contributed by atoms with Crippen molar-refractivity contribution in [3.05, 3.63) is 35.6 Å². The summed E-state index contributed by atoms with van der Waals surface area (Å²) in [4.78, 5) is 2.45. The minimum absolute atomic E-state index is 0.0128. The van der Waals surface area contributed by atoms with Gasteiger partial charge in [0.25, 0.3) is 0 Å². The molecule has 1 aromatic carbocycles. The number of likely N-dealkylation sites (tertiary alicyclic amines) is 1. The van der Waals surface area contributed by atoms with E-state index in [-0.39, 0.29) is 11.9 Å². The second kappa shape index (κ2) is 6.30. The summed E-state index contributed by atoms with van der Waals surface area (Å²) in [6.07, 6.45) is 3.87. The van der Waals surface area contributed by atoms with Crippen LogP contribution in [-0.2, 0) is 0 Å². The van der Waals surface area contributed by atoms with Crippen molar-refractivity contribution in [2.24, 2.45) is 11.7 Å². The summed E-state index contributed by atoms with van der Waals surface area (Å²) in [5.41, 5.74) is 7.22. The van der Waals surface area contributed by atoms with E-state index < -0.39 is 0 Å². The fraction of sp³-hybridized carbons (Fsp3) is 0.600. The van der Waals surface area contributed by atoms with Gasteiger partial charge in [-0.15, -0.1) is 0 Å². The average molecular weight is 250 g/mol. The van der Waals surface area contributed by atoms with Crippen molar-refractivity contribution in [1.82, 2.24) is 4.90 Å². The molecule has 1 heterocycles. The van der Waals surface area contributed by atoms with Gasteiger partial charge in [0, 0.05) is 19.1 Å². The van der Waals surface area contributed by atoms with Crippen LogP contribution >= 0.6 is 0 Å². The molecule has 1 saturated heterocycles. The summed E-state index contributed by atoms with van der Waals surface area (Å²) in [7, 11) is 0. The number of benzene rings is 1. The first kappa shape index (κ1) is 13.5. The van der Waals surface area contributed by atoms with Crippen LogP contribution in [0.2, 0.25) is 0 Å². The maximum Gasteiger partial charge on any atom is 0.123 e. The zero-order chi connectivity index (χ0) is 13.0. The van der Waals surface area contributed by atoms with Crippen LogP contribution < -0.4 is 5.73 Å². The largest absolute Gasteiger partial charge is 0.323 e. The highest BCUT2D eigenvalue weighted by Crippen LogP contribution is 2.21. The Bertz CT molecular complexity index is 363. The third kappa shape index (κ3) is 3.53. The summed E-state index contributed by atoms with van der Waals surface area (Å²) in [6.45, 7) is 5.44. The molecule has 2 atom stereocenters. The van der Waals surface area contributed by atoms with E-state index in [1.807, 2.05) is 0 Å². The third-order valence-corrected chi connectivity index (χ3v) is 3.93. The Morgan fingerprint density at radius 1 is 1.39 bits per heavy atom. The van der Waals surface area contributed by atoms with E-state index in [0.717, 1.165) is 31.1 Å². The van der Waals surface area contributed by atoms with Gasteiger partial charge in [0.1, 0.15) is 5.82 Å². The predicted octanol–water partition coefficient (Wildman–Crippen LogP) is 2.95. The summed E-state index contributed by atoms with van der Waals surface area (Å²) in [6, 6.07) is 6.55. The summed E-state index contributed by atoms with van der Waals surface area (Å²) in [5, 5.41) is 0. The van der Waals surface area contributed by atoms with Gasteiger partial charge in [0.2, 0.25) is 0 Å². The number of hydrogen-bond acceptors (Lipinski definition) is 2. The Labute approximate surface area is 109 Å². The van der Waals surface area contributed by atoms with Crippen LogP contribution in [0.3, 0.4) is 0 Å². The van der Waals surface area contributed by atoms with Crippen molar-refractivity contribution in [3.8, 4) is 0 Å². The molecule has 18 heavy (non-hydrogen) atoms. The first-order valence-corrected chi connectivity index (χ1v) is 6.92. The molecular formula is C15H23FN2. The molecule has 0 aliphatic carbocycles. The topological polar surface area (TPSA) is 29.3 Å². The number of rotatable bonds is 4. The molecule has 0 radical (unpaired) electrons. The van der Waals surface area contributed by atoms with Crippen molar-refractivity contribution in [3.63, 3.8) is 0 Å². The Morgan fingerprint density at radius 2 is 2.11 bits per heavy atom. The Balaban J connectivity index is 1.90. The fourth-order valence-electron chi connectivity index (χ4n) is 2.74. The van der Waals surface area contributed by atoms with Gasteiger partial charge < -0.3 is 10.6 Å². The minimum Gasteiger partial charge on any atom is -0.323 e. The molecule has 0 aromatic heterocycles. The van der Waals surface area contributed by atoms with Crippen LogP contribution in [0.1, 0.15) is 37.8 Å². The highest BCUT2D eigenvalue weighted by molar-refractivity contribution is 5.19. The smallest absolute Gasteiger partial charge is 0.123 e. The quantitative estimate of drug-likeness (QED) is 0.890. The van der Waals surface area contributed by atoms with Crippen LogP contribution in [0, 0.1) is 11.7 Å². The average Bonchev–Trinajstić information content (AvgIpc) is 2.39. The van der Waals surface area contributed by atoms with E-state index >= 15 is 0 Å². The highest BCUT2D eigenvalue weighted by Gasteiger charge is 2.20. The van der Waals surface area contributed by atoms with E-state index in [1.165, 1.54) is 31.4 Å². The lowest BCUT2D eigenvalue weighted by molar-refractivity contribution is 0.163. The van der Waals surface area contributed by atoms with Crippen molar-refractivity contribution in [1.29, 1.82) is 0 Å². The molecule has 0 spiro atoms. The summed E-state index contributed by atoms with van der Waals surface area (Å²) in [5.74, 6) is 0.620. The van der Waals surface area contributed by atoms with E-state index in [9.17, 15) is 4.39 Å². The number of halogens is 1. The van der Waals surface area contributed by atoms with Gasteiger partial charge in [-0.05, 0) is 43.0 Å². The standard InChI is InChI=1S/C15H23FN2/c1-2-12-4-3-9-18(10-12)11-15(17)13-5-7-14(16)8-6-13/h5-8,12,15H,2-4,9-11,17H2,1H3. The molecular weight excluding hydrogens is 227 g/mol. The molecule has 2 unspecified atom stereocenters. The first-order valence-electron chi connectivity index (χ1n) is 6.92. The van der Waals surface area contributed by atoms with Gasteiger partial charge in [-0.25, -0.2) is 4.39 Å². The second-order valence-corrected chi connectivity index (χ2v) is 5.33. The molecule has 3 heteroatoms. The number of nitrogens with zero attached hydrogens (tertiary/aromatic N) is 1. The van der Waals surface area contributed by atoms with Crippen LogP contribution in [0.5, 0.6) is 0 Å². The second-order valence-electron chi connectivity index (χ2n) is 5.33. The van der Waals surface area contributed by atoms with E-state index in [1.54, 1.807) is 12.1 Å². The lowest BCUT2D eigenvalue weighted by Crippen LogP contribution is -2.39. The molecule has 2 nitrogen and oxygen atoms in total. The lowest BCUT2D eigenvalue weighted by atomic mass is 9.95. The Kier molecular flexibility index (Phi) is 4.72. The van der Waals surface area contributed by atoms with Crippen molar-refractivity contribution < 1.29 is 4.39 Å². The van der Waals surface area contributed by atoms with Crippen LogP contribution in [0.25, 0.3) is 0 Å². The maximum absolute atomic E-state index is 12.9. The molecule has 2 rings (SSSR count). The first-order chi connectivity index (χ1) is 8.69. The Morgan fingerprint density at radius 3 is 2.78 bits per heavy atom. The number of piperidine rings is 1. The van der Waals surface area contributed by atoms with Crippen molar-refractivity contribution in [2.75, 3.05) is 19.6 Å². The van der Waals surface area contributed by atoms with Crippen LogP contribution in [0.15, 0.2) is 24.3 Å². The van der Waals surface area contributed by atoms with Gasteiger partial charge in [0.05, 0.1) is 0 Å². The maximum atomic E-state index is 12.9. The van der Waals surface area contributed by atoms with E-state index in [4.69, 9.17) is 5.73 Å². The fourth-order valence-corrected chi connectivity index (χ4v) is 2.74. The molecule has 0 amide bonds. The van der Waals surface area contributed by atoms with Gasteiger partial charge in [-0.1, -0.05) is 25.5 Å². The van der Waals surface area contributed by atoms with Crippen molar-refractivity contribution >= 4 is 0 Å².